The van der Waals surface area contributed by atoms with Crippen molar-refractivity contribution in [3.05, 3.63) is 58.9 Å². The van der Waals surface area contributed by atoms with Crippen LogP contribution in [-0.4, -0.2) is 50.4 Å². The standard InChI is InChI=1S/C17H18ClN3O4S/c1-25-17(22)13-7-14(18)9-15(8-13)26(23,24)21-6-5-20-11-16(21)12-3-2-4-19-10-12/h2-4,7-10,16,20H,5-6,11H2,1H3. The normalized spacial score (nSPS) is 18.5. The number of piperazine rings is 1. The average Bonchev–Trinajstić information content (AvgIpc) is 2.67. The van der Waals surface area contributed by atoms with Crippen LogP contribution in [-0.2, 0) is 14.8 Å². The summed E-state index contributed by atoms with van der Waals surface area (Å²) >= 11 is 6.04. The first kappa shape index (κ1) is 18.8. The SMILES string of the molecule is COC(=O)c1cc(Cl)cc(S(=O)(=O)N2CCNCC2c2cccnc2)c1. The van der Waals surface area contributed by atoms with Crippen molar-refractivity contribution in [3.63, 3.8) is 0 Å². The Kier molecular flexibility index (Phi) is 5.57. The van der Waals surface area contributed by atoms with Gasteiger partial charge in [0.2, 0.25) is 10.0 Å². The number of esters is 1. The van der Waals surface area contributed by atoms with Crippen LogP contribution in [0.1, 0.15) is 22.0 Å². The van der Waals surface area contributed by atoms with Crippen molar-refractivity contribution >= 4 is 27.6 Å². The monoisotopic (exact) mass is 395 g/mol. The molecule has 1 unspecified atom stereocenters. The molecule has 1 saturated heterocycles. The molecule has 1 N–H and O–H groups in total. The van der Waals surface area contributed by atoms with Gasteiger partial charge < -0.3 is 10.1 Å². The molecule has 3 rings (SSSR count). The lowest BCUT2D eigenvalue weighted by atomic mass is 10.1. The van der Waals surface area contributed by atoms with E-state index in [0.717, 1.165) is 5.56 Å². The molecule has 1 atom stereocenters. The number of nitrogens with one attached hydrogen (secondary N) is 1. The lowest BCUT2D eigenvalue weighted by Crippen LogP contribution is -2.48. The van der Waals surface area contributed by atoms with Gasteiger partial charge in [-0.2, -0.15) is 4.31 Å². The number of hydrogen-bond donors (Lipinski definition) is 1. The van der Waals surface area contributed by atoms with Crippen molar-refractivity contribution in [3.8, 4) is 0 Å². The van der Waals surface area contributed by atoms with Crippen LogP contribution in [0.3, 0.4) is 0 Å². The van der Waals surface area contributed by atoms with Gasteiger partial charge in [-0.25, -0.2) is 13.2 Å². The Labute approximate surface area is 157 Å². The van der Waals surface area contributed by atoms with Crippen molar-refractivity contribution in [2.24, 2.45) is 0 Å². The smallest absolute Gasteiger partial charge is 0.337 e. The van der Waals surface area contributed by atoms with E-state index in [0.29, 0.717) is 19.6 Å². The van der Waals surface area contributed by atoms with Gasteiger partial charge in [-0.15, -0.1) is 0 Å². The van der Waals surface area contributed by atoms with Gasteiger partial charge in [0.15, 0.2) is 0 Å². The number of pyridine rings is 1. The highest BCUT2D eigenvalue weighted by Crippen LogP contribution is 2.30. The molecule has 1 fully saturated rings. The third-order valence-electron chi connectivity index (χ3n) is 4.16. The number of aromatic nitrogens is 1. The minimum Gasteiger partial charge on any atom is -0.465 e. The zero-order valence-electron chi connectivity index (χ0n) is 14.1. The zero-order valence-corrected chi connectivity index (χ0v) is 15.6. The molecule has 1 aliphatic heterocycles. The number of hydrogen-bond acceptors (Lipinski definition) is 6. The fraction of sp³-hybridized carbons (Fsp3) is 0.294. The summed E-state index contributed by atoms with van der Waals surface area (Å²) in [6, 6.07) is 7.21. The molecule has 26 heavy (non-hydrogen) atoms. The number of benzene rings is 1. The first-order valence-electron chi connectivity index (χ1n) is 7.95. The summed E-state index contributed by atoms with van der Waals surface area (Å²) in [5.74, 6) is -0.645. The number of carbonyl (C=O) groups is 1. The molecule has 9 heteroatoms. The van der Waals surface area contributed by atoms with Gasteiger partial charge in [0.25, 0.3) is 0 Å². The number of nitrogens with zero attached hydrogens (tertiary/aromatic N) is 2. The molecule has 1 aromatic heterocycles. The quantitative estimate of drug-likeness (QED) is 0.795. The number of carbonyl (C=O) groups excluding carboxylic acids is 1. The summed E-state index contributed by atoms with van der Waals surface area (Å²) < 4.78 is 32.6. The molecule has 0 saturated carbocycles. The Bertz CT molecular complexity index is 905. The second-order valence-corrected chi connectivity index (χ2v) is 8.12. The van der Waals surface area contributed by atoms with Crippen LogP contribution >= 0.6 is 11.6 Å². The largest absolute Gasteiger partial charge is 0.465 e. The number of methoxy groups -OCH3 is 1. The maximum atomic E-state index is 13.3. The van der Waals surface area contributed by atoms with Crippen LogP contribution < -0.4 is 5.32 Å². The van der Waals surface area contributed by atoms with Gasteiger partial charge in [-0.3, -0.25) is 4.98 Å². The van der Waals surface area contributed by atoms with Crippen LogP contribution in [0.15, 0.2) is 47.6 Å². The van der Waals surface area contributed by atoms with Crippen LogP contribution in [0.2, 0.25) is 5.02 Å². The van der Waals surface area contributed by atoms with Crippen LogP contribution in [0.5, 0.6) is 0 Å². The number of sulfonamides is 1. The van der Waals surface area contributed by atoms with E-state index in [-0.39, 0.29) is 15.5 Å². The van der Waals surface area contributed by atoms with E-state index in [1.54, 1.807) is 18.5 Å². The van der Waals surface area contributed by atoms with E-state index in [2.05, 4.69) is 15.0 Å². The maximum Gasteiger partial charge on any atom is 0.337 e. The Morgan fingerprint density at radius 3 is 2.88 bits per heavy atom. The molecule has 0 radical (unpaired) electrons. The molecule has 1 aromatic carbocycles. The van der Waals surface area contributed by atoms with E-state index >= 15 is 0 Å². The van der Waals surface area contributed by atoms with Crippen molar-refractivity contribution in [1.29, 1.82) is 0 Å². The molecular weight excluding hydrogens is 378 g/mol. The third-order valence-corrected chi connectivity index (χ3v) is 6.27. The fourth-order valence-electron chi connectivity index (χ4n) is 2.91. The Balaban J connectivity index is 2.03. The molecular formula is C17H18ClN3O4S. The number of rotatable bonds is 4. The van der Waals surface area contributed by atoms with Crippen LogP contribution in [0.4, 0.5) is 0 Å². The summed E-state index contributed by atoms with van der Waals surface area (Å²) in [7, 11) is -2.64. The van der Waals surface area contributed by atoms with E-state index in [9.17, 15) is 13.2 Å². The van der Waals surface area contributed by atoms with Gasteiger partial charge in [-0.1, -0.05) is 17.7 Å². The first-order valence-corrected chi connectivity index (χ1v) is 9.76. The van der Waals surface area contributed by atoms with Crippen LogP contribution in [0, 0.1) is 0 Å². The fourth-order valence-corrected chi connectivity index (χ4v) is 4.90. The van der Waals surface area contributed by atoms with Gasteiger partial charge in [-0.05, 0) is 29.8 Å². The topological polar surface area (TPSA) is 88.6 Å². The molecule has 0 aliphatic carbocycles. The molecule has 7 nitrogen and oxygen atoms in total. The maximum absolute atomic E-state index is 13.3. The van der Waals surface area contributed by atoms with Gasteiger partial charge >= 0.3 is 5.97 Å². The second kappa shape index (κ2) is 7.71. The van der Waals surface area contributed by atoms with E-state index < -0.39 is 22.0 Å². The summed E-state index contributed by atoms with van der Waals surface area (Å²) in [4.78, 5) is 15.8. The molecule has 0 bridgehead atoms. The minimum atomic E-state index is -3.87. The van der Waals surface area contributed by atoms with Gasteiger partial charge in [0, 0.05) is 37.1 Å². The van der Waals surface area contributed by atoms with E-state index in [1.807, 2.05) is 6.07 Å². The highest BCUT2D eigenvalue weighted by molar-refractivity contribution is 7.89. The Morgan fingerprint density at radius 2 is 2.19 bits per heavy atom. The van der Waals surface area contributed by atoms with Gasteiger partial charge in [0.05, 0.1) is 23.6 Å². The lowest BCUT2D eigenvalue weighted by molar-refractivity contribution is 0.0600. The van der Waals surface area contributed by atoms with Gasteiger partial charge in [0.1, 0.15) is 0 Å². The third kappa shape index (κ3) is 3.73. The summed E-state index contributed by atoms with van der Waals surface area (Å²) in [6.45, 7) is 1.29. The highest BCUT2D eigenvalue weighted by atomic mass is 35.5. The number of ether oxygens (including phenoxy) is 1. The molecule has 1 aliphatic rings. The molecule has 2 heterocycles. The highest BCUT2D eigenvalue weighted by Gasteiger charge is 2.35. The number of halogens is 1. The molecule has 0 spiro atoms. The minimum absolute atomic E-state index is 0.0406. The van der Waals surface area contributed by atoms with E-state index in [1.165, 1.54) is 29.6 Å². The Morgan fingerprint density at radius 1 is 1.38 bits per heavy atom. The van der Waals surface area contributed by atoms with E-state index in [4.69, 9.17) is 11.6 Å². The predicted octanol–water partition coefficient (Wildman–Crippen LogP) is 1.86. The van der Waals surface area contributed by atoms with Crippen molar-refractivity contribution in [2.45, 2.75) is 10.9 Å². The predicted molar refractivity (Wildman–Crippen MR) is 96.5 cm³/mol. The van der Waals surface area contributed by atoms with Crippen LogP contribution in [0.25, 0.3) is 0 Å². The molecule has 0 amide bonds. The average molecular weight is 396 g/mol. The zero-order chi connectivity index (χ0) is 18.7. The molecule has 138 valence electrons. The van der Waals surface area contributed by atoms with Crippen molar-refractivity contribution < 1.29 is 17.9 Å². The Hall–Kier alpha value is -2.00. The van der Waals surface area contributed by atoms with Crippen molar-refractivity contribution in [1.82, 2.24) is 14.6 Å². The summed E-state index contributed by atoms with van der Waals surface area (Å²) in [5, 5.41) is 3.36. The second-order valence-electron chi connectivity index (χ2n) is 5.79. The summed E-state index contributed by atoms with van der Waals surface area (Å²) in [6.07, 6.45) is 3.29. The van der Waals surface area contributed by atoms with Crippen molar-refractivity contribution in [2.75, 3.05) is 26.7 Å². The molecule has 2 aromatic rings. The summed E-state index contributed by atoms with van der Waals surface area (Å²) in [5.41, 5.74) is 0.880. The lowest BCUT2D eigenvalue weighted by Gasteiger charge is -2.35. The first-order chi connectivity index (χ1) is 12.4.